The number of likely N-dealkylation sites (tertiary alicyclic amines) is 1. The first-order chi connectivity index (χ1) is 14.1. The van der Waals surface area contributed by atoms with Crippen LogP contribution < -0.4 is 10.2 Å². The first-order valence-electron chi connectivity index (χ1n) is 10.7. The number of hydrogen-bond donors (Lipinski definition) is 1. The average molecular weight is 395 g/mol. The third kappa shape index (κ3) is 4.83. The van der Waals surface area contributed by atoms with Gasteiger partial charge in [0, 0.05) is 51.3 Å². The summed E-state index contributed by atoms with van der Waals surface area (Å²) in [5.41, 5.74) is 2.17. The summed E-state index contributed by atoms with van der Waals surface area (Å²) in [7, 11) is 0. The summed E-state index contributed by atoms with van der Waals surface area (Å²) >= 11 is 0. The Hall–Kier alpha value is -2.70. The minimum atomic E-state index is 0.141. The molecule has 1 unspecified atom stereocenters. The van der Waals surface area contributed by atoms with Crippen LogP contribution in [0, 0.1) is 6.92 Å². The van der Waals surface area contributed by atoms with Gasteiger partial charge in [0.2, 0.25) is 11.9 Å². The second kappa shape index (κ2) is 8.76. The van der Waals surface area contributed by atoms with Gasteiger partial charge < -0.3 is 15.1 Å². The Morgan fingerprint density at radius 2 is 1.90 bits per heavy atom. The molecule has 1 amide bonds. The number of amides is 1. The van der Waals surface area contributed by atoms with Gasteiger partial charge in [-0.05, 0) is 56.7 Å². The molecule has 1 atom stereocenters. The lowest BCUT2D eigenvalue weighted by Gasteiger charge is -2.33. The van der Waals surface area contributed by atoms with Crippen LogP contribution >= 0.6 is 0 Å². The van der Waals surface area contributed by atoms with E-state index in [4.69, 9.17) is 9.97 Å². The number of anilines is 3. The number of piperidine rings is 2. The number of nitrogens with zero attached hydrogens (tertiary/aromatic N) is 5. The second-order valence-electron chi connectivity index (χ2n) is 8.17. The highest BCUT2D eigenvalue weighted by Crippen LogP contribution is 2.30. The van der Waals surface area contributed by atoms with Crippen LogP contribution in [-0.2, 0) is 4.79 Å². The summed E-state index contributed by atoms with van der Waals surface area (Å²) in [6.45, 7) is 7.27. The zero-order valence-electron chi connectivity index (χ0n) is 17.4. The molecule has 0 aromatic carbocycles. The number of carbonyl (C=O) groups excluding carboxylic acids is 1. The van der Waals surface area contributed by atoms with Gasteiger partial charge in [-0.3, -0.25) is 4.79 Å². The van der Waals surface area contributed by atoms with Gasteiger partial charge in [0.15, 0.2) is 0 Å². The summed E-state index contributed by atoms with van der Waals surface area (Å²) < 4.78 is 0. The predicted molar refractivity (Wildman–Crippen MR) is 115 cm³/mol. The molecule has 29 heavy (non-hydrogen) atoms. The molecule has 0 spiro atoms. The molecule has 2 aromatic rings. The number of carbonyl (C=O) groups is 1. The number of hydrogen-bond acceptors (Lipinski definition) is 6. The van der Waals surface area contributed by atoms with Gasteiger partial charge in [0.05, 0.1) is 5.69 Å². The number of aryl methyl sites for hydroxylation is 1. The summed E-state index contributed by atoms with van der Waals surface area (Å²) in [5, 5.41) is 3.37. The van der Waals surface area contributed by atoms with Gasteiger partial charge in [-0.2, -0.15) is 4.98 Å². The van der Waals surface area contributed by atoms with E-state index in [0.29, 0.717) is 0 Å². The van der Waals surface area contributed by atoms with Crippen molar-refractivity contribution in [3.63, 3.8) is 0 Å². The van der Waals surface area contributed by atoms with Crippen molar-refractivity contribution in [2.75, 3.05) is 36.4 Å². The van der Waals surface area contributed by atoms with E-state index in [1.165, 1.54) is 19.3 Å². The van der Waals surface area contributed by atoms with Crippen LogP contribution in [0.15, 0.2) is 24.4 Å². The quantitative estimate of drug-likeness (QED) is 0.853. The Morgan fingerprint density at radius 3 is 2.66 bits per heavy atom. The highest BCUT2D eigenvalue weighted by atomic mass is 16.2. The fraction of sp³-hybridized carbons (Fsp3) is 0.545. The summed E-state index contributed by atoms with van der Waals surface area (Å²) in [4.78, 5) is 30.3. The van der Waals surface area contributed by atoms with Crippen molar-refractivity contribution in [2.45, 2.75) is 51.9 Å². The average Bonchev–Trinajstić information content (AvgIpc) is 2.74. The lowest BCUT2D eigenvalue weighted by molar-refractivity contribution is -0.130. The van der Waals surface area contributed by atoms with Crippen molar-refractivity contribution < 1.29 is 4.79 Å². The molecule has 0 radical (unpaired) electrons. The highest BCUT2D eigenvalue weighted by molar-refractivity contribution is 5.73. The van der Waals surface area contributed by atoms with Crippen molar-refractivity contribution in [3.05, 3.63) is 35.7 Å². The third-order valence-electron chi connectivity index (χ3n) is 5.83. The Balaban J connectivity index is 1.64. The fourth-order valence-corrected chi connectivity index (χ4v) is 4.20. The third-order valence-corrected chi connectivity index (χ3v) is 5.83. The maximum atomic E-state index is 11.9. The van der Waals surface area contributed by atoms with Crippen LogP contribution in [0.5, 0.6) is 0 Å². The van der Waals surface area contributed by atoms with Crippen molar-refractivity contribution in [2.24, 2.45) is 0 Å². The Labute approximate surface area is 172 Å². The summed E-state index contributed by atoms with van der Waals surface area (Å²) in [5.74, 6) is 2.73. The van der Waals surface area contributed by atoms with Crippen molar-refractivity contribution in [1.82, 2.24) is 19.9 Å². The molecule has 2 aliphatic rings. The fourth-order valence-electron chi connectivity index (χ4n) is 4.20. The van der Waals surface area contributed by atoms with Gasteiger partial charge in [-0.25, -0.2) is 9.97 Å². The van der Waals surface area contributed by atoms with E-state index in [1.807, 2.05) is 23.1 Å². The zero-order valence-corrected chi connectivity index (χ0v) is 17.4. The van der Waals surface area contributed by atoms with E-state index >= 15 is 0 Å². The molecule has 154 valence electrons. The van der Waals surface area contributed by atoms with Crippen LogP contribution in [-0.4, -0.2) is 51.9 Å². The smallest absolute Gasteiger partial charge is 0.227 e. The van der Waals surface area contributed by atoms with E-state index in [1.54, 1.807) is 13.1 Å². The topological polar surface area (TPSA) is 74.2 Å². The van der Waals surface area contributed by atoms with Crippen molar-refractivity contribution in [3.8, 4) is 0 Å². The molecular formula is C22H30N6O. The maximum absolute atomic E-state index is 11.9. The van der Waals surface area contributed by atoms with E-state index < -0.39 is 0 Å². The molecule has 0 aliphatic carbocycles. The molecule has 0 saturated carbocycles. The van der Waals surface area contributed by atoms with Gasteiger partial charge in [0.25, 0.3) is 0 Å². The molecule has 4 rings (SSSR count). The molecule has 1 N–H and O–H groups in total. The standard InChI is InChI=1S/C22H30N6O/c1-16-8-9-23-20(13-16)25-21-14-19(18-7-6-12-28(15-18)17(2)29)24-22(26-21)27-10-4-3-5-11-27/h8-9,13-14,18H,3-7,10-12,15H2,1-2H3,(H,23,24,25,26). The molecule has 2 saturated heterocycles. The summed E-state index contributed by atoms with van der Waals surface area (Å²) in [6, 6.07) is 6.03. The van der Waals surface area contributed by atoms with Gasteiger partial charge >= 0.3 is 0 Å². The van der Waals surface area contributed by atoms with E-state index in [9.17, 15) is 4.79 Å². The first kappa shape index (κ1) is 19.6. The number of aromatic nitrogens is 3. The van der Waals surface area contributed by atoms with Gasteiger partial charge in [0.1, 0.15) is 11.6 Å². The lowest BCUT2D eigenvalue weighted by Crippen LogP contribution is -2.38. The van der Waals surface area contributed by atoms with Crippen LogP contribution in [0.25, 0.3) is 0 Å². The molecule has 7 nitrogen and oxygen atoms in total. The minimum absolute atomic E-state index is 0.141. The molecule has 7 heteroatoms. The number of pyridine rings is 1. The molecule has 2 fully saturated rings. The first-order valence-corrected chi connectivity index (χ1v) is 10.7. The van der Waals surface area contributed by atoms with Crippen LogP contribution in [0.3, 0.4) is 0 Å². The van der Waals surface area contributed by atoms with Crippen LogP contribution in [0.1, 0.15) is 56.2 Å². The SMILES string of the molecule is CC(=O)N1CCCC(c2cc(Nc3cc(C)ccn3)nc(N3CCCCC3)n2)C1. The number of rotatable bonds is 4. The maximum Gasteiger partial charge on any atom is 0.227 e. The van der Waals surface area contributed by atoms with Crippen LogP contribution in [0.4, 0.5) is 17.6 Å². The normalized spacial score (nSPS) is 19.9. The molecule has 2 aliphatic heterocycles. The largest absolute Gasteiger partial charge is 0.342 e. The molecule has 4 heterocycles. The molecular weight excluding hydrogens is 364 g/mol. The predicted octanol–water partition coefficient (Wildman–Crippen LogP) is 3.64. The Bertz CT molecular complexity index is 864. The second-order valence-corrected chi connectivity index (χ2v) is 8.17. The highest BCUT2D eigenvalue weighted by Gasteiger charge is 2.26. The van der Waals surface area contributed by atoms with E-state index in [-0.39, 0.29) is 11.8 Å². The Kier molecular flexibility index (Phi) is 5.92. The summed E-state index contributed by atoms with van der Waals surface area (Å²) in [6.07, 6.45) is 7.48. The molecule has 2 aromatic heterocycles. The lowest BCUT2D eigenvalue weighted by atomic mass is 9.94. The van der Waals surface area contributed by atoms with Crippen LogP contribution in [0.2, 0.25) is 0 Å². The van der Waals surface area contributed by atoms with Crippen molar-refractivity contribution in [1.29, 1.82) is 0 Å². The molecule has 0 bridgehead atoms. The number of nitrogens with one attached hydrogen (secondary N) is 1. The monoisotopic (exact) mass is 394 g/mol. The van der Waals surface area contributed by atoms with E-state index in [2.05, 4.69) is 22.1 Å². The zero-order chi connectivity index (χ0) is 20.2. The Morgan fingerprint density at radius 1 is 1.07 bits per heavy atom. The van der Waals surface area contributed by atoms with Gasteiger partial charge in [-0.15, -0.1) is 0 Å². The van der Waals surface area contributed by atoms with E-state index in [0.717, 1.165) is 67.9 Å². The van der Waals surface area contributed by atoms with Crippen molar-refractivity contribution >= 4 is 23.5 Å². The van der Waals surface area contributed by atoms with Gasteiger partial charge in [-0.1, -0.05) is 0 Å². The minimum Gasteiger partial charge on any atom is -0.342 e.